The van der Waals surface area contributed by atoms with Gasteiger partial charge in [0.15, 0.2) is 9.84 Å². The smallest absolute Gasteiger partial charge is 0.154 e. The van der Waals surface area contributed by atoms with Gasteiger partial charge in [-0.05, 0) is 13.8 Å². The van der Waals surface area contributed by atoms with E-state index in [0.29, 0.717) is 5.82 Å². The summed E-state index contributed by atoms with van der Waals surface area (Å²) in [5.41, 5.74) is 7.27. The molecular formula is C9H15N3O2S. The highest BCUT2D eigenvalue weighted by Gasteiger charge is 2.10. The molecule has 0 spiro atoms. The highest BCUT2D eigenvalue weighted by molar-refractivity contribution is 7.89. The Hall–Kier alpha value is -1.01. The van der Waals surface area contributed by atoms with E-state index in [1.54, 1.807) is 13.1 Å². The molecule has 84 valence electrons. The van der Waals surface area contributed by atoms with Crippen molar-refractivity contribution in [2.24, 2.45) is 5.73 Å². The Morgan fingerprint density at radius 1 is 1.53 bits per heavy atom. The van der Waals surface area contributed by atoms with Gasteiger partial charge in [0.25, 0.3) is 0 Å². The van der Waals surface area contributed by atoms with Crippen LogP contribution in [0.5, 0.6) is 0 Å². The third-order valence-electron chi connectivity index (χ3n) is 1.95. The minimum atomic E-state index is -3.08. The molecule has 0 aliphatic rings. The number of aryl methyl sites for hydroxylation is 1. The van der Waals surface area contributed by atoms with Crippen LogP contribution in [0.1, 0.15) is 30.0 Å². The van der Waals surface area contributed by atoms with Gasteiger partial charge in [0.05, 0.1) is 0 Å². The van der Waals surface area contributed by atoms with E-state index < -0.39 is 9.84 Å². The summed E-state index contributed by atoms with van der Waals surface area (Å²) in [4.78, 5) is 8.09. The zero-order chi connectivity index (χ0) is 11.6. The highest BCUT2D eigenvalue weighted by atomic mass is 32.2. The molecule has 0 saturated carbocycles. The van der Waals surface area contributed by atoms with Crippen molar-refractivity contribution in [3.8, 4) is 0 Å². The van der Waals surface area contributed by atoms with Gasteiger partial charge in [-0.15, -0.1) is 0 Å². The fourth-order valence-electron chi connectivity index (χ4n) is 1.28. The molecule has 5 nitrogen and oxygen atoms in total. The lowest BCUT2D eigenvalue weighted by Gasteiger charge is -2.09. The first kappa shape index (κ1) is 12.1. The second kappa shape index (κ2) is 4.24. The number of hydrogen-bond acceptors (Lipinski definition) is 5. The van der Waals surface area contributed by atoms with Crippen LogP contribution < -0.4 is 5.73 Å². The second-order valence-electron chi connectivity index (χ2n) is 3.69. The molecule has 1 rings (SSSR count). The topological polar surface area (TPSA) is 85.9 Å². The van der Waals surface area contributed by atoms with E-state index in [-0.39, 0.29) is 11.8 Å². The van der Waals surface area contributed by atoms with Gasteiger partial charge in [0, 0.05) is 29.8 Å². The molecular weight excluding hydrogens is 214 g/mol. The van der Waals surface area contributed by atoms with Crippen molar-refractivity contribution in [1.82, 2.24) is 9.97 Å². The van der Waals surface area contributed by atoms with Gasteiger partial charge in [-0.3, -0.25) is 0 Å². The van der Waals surface area contributed by atoms with Crippen LogP contribution in [0.25, 0.3) is 0 Å². The number of rotatable bonds is 3. The van der Waals surface area contributed by atoms with Crippen molar-refractivity contribution in [3.05, 3.63) is 23.3 Å². The fourth-order valence-corrected chi connectivity index (χ4v) is 1.88. The summed E-state index contributed by atoms with van der Waals surface area (Å²) in [7, 11) is -3.08. The van der Waals surface area contributed by atoms with Crippen molar-refractivity contribution in [1.29, 1.82) is 0 Å². The zero-order valence-electron chi connectivity index (χ0n) is 9.06. The largest absolute Gasteiger partial charge is 0.324 e. The second-order valence-corrected chi connectivity index (χ2v) is 5.83. The average Bonchev–Trinajstić information content (AvgIpc) is 1.99. The first-order valence-corrected chi connectivity index (χ1v) is 6.61. The zero-order valence-corrected chi connectivity index (χ0v) is 9.87. The van der Waals surface area contributed by atoms with Crippen LogP contribution >= 0.6 is 0 Å². The normalized spacial score (nSPS) is 13.9. The lowest BCUT2D eigenvalue weighted by molar-refractivity contribution is 0.599. The van der Waals surface area contributed by atoms with Gasteiger partial charge >= 0.3 is 0 Å². The minimum absolute atomic E-state index is 0.132. The maximum atomic E-state index is 11.0. The molecule has 0 radical (unpaired) electrons. The first-order valence-electron chi connectivity index (χ1n) is 4.55. The van der Waals surface area contributed by atoms with Gasteiger partial charge in [0.1, 0.15) is 11.6 Å². The van der Waals surface area contributed by atoms with Crippen LogP contribution in [0.4, 0.5) is 0 Å². The molecule has 0 aromatic carbocycles. The number of aromatic nitrogens is 2. The molecule has 0 bridgehead atoms. The maximum Gasteiger partial charge on any atom is 0.154 e. The summed E-state index contributed by atoms with van der Waals surface area (Å²) in [6, 6.07) is -0.141. The number of hydrogen-bond donors (Lipinski definition) is 1. The summed E-state index contributed by atoms with van der Waals surface area (Å²) >= 11 is 0. The molecule has 1 atom stereocenters. The highest BCUT2D eigenvalue weighted by Crippen LogP contribution is 2.12. The molecule has 0 unspecified atom stereocenters. The molecule has 0 amide bonds. The van der Waals surface area contributed by atoms with Gasteiger partial charge in [-0.25, -0.2) is 18.4 Å². The lowest BCUT2D eigenvalue weighted by atomic mass is 10.1. The fraction of sp³-hybridized carbons (Fsp3) is 0.556. The van der Waals surface area contributed by atoms with Crippen LogP contribution in [0.3, 0.4) is 0 Å². The van der Waals surface area contributed by atoms with Crippen molar-refractivity contribution >= 4 is 9.84 Å². The van der Waals surface area contributed by atoms with E-state index in [9.17, 15) is 8.42 Å². The van der Waals surface area contributed by atoms with Gasteiger partial charge < -0.3 is 5.73 Å². The third kappa shape index (κ3) is 3.56. The standard InChI is InChI=1S/C9H15N3O2S/c1-6(10)8-4-11-9(12-7(8)2)5-15(3,13)14/h4,6H,5,10H2,1-3H3/t6-/m0/s1. The predicted octanol–water partition coefficient (Wildman–Crippen LogP) is 0.349. The molecule has 1 aromatic heterocycles. The van der Waals surface area contributed by atoms with Crippen molar-refractivity contribution in [3.63, 3.8) is 0 Å². The van der Waals surface area contributed by atoms with E-state index in [1.807, 2.05) is 6.92 Å². The van der Waals surface area contributed by atoms with Crippen LogP contribution in [0, 0.1) is 6.92 Å². The van der Waals surface area contributed by atoms with Crippen LogP contribution in [0.2, 0.25) is 0 Å². The first-order chi connectivity index (χ1) is 6.79. The van der Waals surface area contributed by atoms with E-state index in [1.165, 1.54) is 0 Å². The minimum Gasteiger partial charge on any atom is -0.324 e. The predicted molar refractivity (Wildman–Crippen MR) is 57.9 cm³/mol. The summed E-state index contributed by atoms with van der Waals surface area (Å²) in [6.07, 6.45) is 2.75. The van der Waals surface area contributed by atoms with Crippen molar-refractivity contribution in [2.45, 2.75) is 25.6 Å². The lowest BCUT2D eigenvalue weighted by Crippen LogP contribution is -2.12. The van der Waals surface area contributed by atoms with Crippen molar-refractivity contribution < 1.29 is 8.42 Å². The third-order valence-corrected chi connectivity index (χ3v) is 2.73. The molecule has 0 fully saturated rings. The summed E-state index contributed by atoms with van der Waals surface area (Å²) in [6.45, 7) is 3.63. The summed E-state index contributed by atoms with van der Waals surface area (Å²) < 4.78 is 22.1. The molecule has 15 heavy (non-hydrogen) atoms. The Kier molecular flexibility index (Phi) is 3.41. The monoisotopic (exact) mass is 229 g/mol. The van der Waals surface area contributed by atoms with E-state index in [0.717, 1.165) is 17.5 Å². The van der Waals surface area contributed by atoms with E-state index in [2.05, 4.69) is 9.97 Å². The molecule has 1 heterocycles. The molecule has 6 heteroatoms. The average molecular weight is 229 g/mol. The van der Waals surface area contributed by atoms with Crippen LogP contribution in [-0.4, -0.2) is 24.6 Å². The maximum absolute atomic E-state index is 11.0. The Balaban J connectivity index is 3.02. The molecule has 0 saturated heterocycles. The van der Waals surface area contributed by atoms with E-state index >= 15 is 0 Å². The Morgan fingerprint density at radius 3 is 2.53 bits per heavy atom. The Bertz CT molecular complexity index is 454. The molecule has 2 N–H and O–H groups in total. The number of sulfone groups is 1. The quantitative estimate of drug-likeness (QED) is 0.808. The van der Waals surface area contributed by atoms with Gasteiger partial charge in [0.2, 0.25) is 0 Å². The summed E-state index contributed by atoms with van der Waals surface area (Å²) in [5.74, 6) is 0.187. The van der Waals surface area contributed by atoms with Crippen LogP contribution in [-0.2, 0) is 15.6 Å². The molecule has 1 aromatic rings. The number of nitrogens with zero attached hydrogens (tertiary/aromatic N) is 2. The Morgan fingerprint density at radius 2 is 2.13 bits per heavy atom. The molecule has 0 aliphatic carbocycles. The molecule has 0 aliphatic heterocycles. The van der Waals surface area contributed by atoms with Gasteiger partial charge in [-0.1, -0.05) is 0 Å². The van der Waals surface area contributed by atoms with E-state index in [4.69, 9.17) is 5.73 Å². The number of nitrogens with two attached hydrogens (primary N) is 1. The summed E-state index contributed by atoms with van der Waals surface area (Å²) in [5, 5.41) is 0. The van der Waals surface area contributed by atoms with Crippen molar-refractivity contribution in [2.75, 3.05) is 6.26 Å². The Labute approximate surface area is 89.7 Å². The van der Waals surface area contributed by atoms with Crippen LogP contribution in [0.15, 0.2) is 6.20 Å². The van der Waals surface area contributed by atoms with Gasteiger partial charge in [-0.2, -0.15) is 0 Å². The SMILES string of the molecule is Cc1nc(CS(C)(=O)=O)ncc1[C@H](C)N.